The van der Waals surface area contributed by atoms with E-state index in [0.717, 1.165) is 12.0 Å². The lowest BCUT2D eigenvalue weighted by Crippen LogP contribution is -2.05. The van der Waals surface area contributed by atoms with E-state index in [1.807, 2.05) is 6.92 Å². The molecular formula is C10H10BrFO2. The predicted octanol–water partition coefficient (Wildman–Crippen LogP) is 2.94. The maximum atomic E-state index is 13.3. The Morgan fingerprint density at radius 3 is 2.71 bits per heavy atom. The van der Waals surface area contributed by atoms with Crippen LogP contribution in [-0.4, -0.2) is 13.1 Å². The molecule has 0 saturated heterocycles. The van der Waals surface area contributed by atoms with Crippen molar-refractivity contribution >= 4 is 21.9 Å². The van der Waals surface area contributed by atoms with Gasteiger partial charge < -0.3 is 4.74 Å². The molecule has 4 heteroatoms. The molecule has 0 atom stereocenters. The molecule has 0 aliphatic heterocycles. The lowest BCUT2D eigenvalue weighted by Gasteiger charge is -2.05. The van der Waals surface area contributed by atoms with Crippen molar-refractivity contribution in [1.29, 1.82) is 0 Å². The summed E-state index contributed by atoms with van der Waals surface area (Å²) in [6, 6.07) is 2.79. The lowest BCUT2D eigenvalue weighted by atomic mass is 10.1. The second-order valence-electron chi connectivity index (χ2n) is 2.77. The molecule has 2 nitrogen and oxygen atoms in total. The number of halogens is 2. The Kier molecular flexibility index (Phi) is 3.63. The fourth-order valence-electron chi connectivity index (χ4n) is 1.13. The van der Waals surface area contributed by atoms with Gasteiger partial charge >= 0.3 is 5.97 Å². The van der Waals surface area contributed by atoms with Gasteiger partial charge in [0.05, 0.1) is 12.7 Å². The number of methoxy groups -OCH3 is 1. The molecule has 0 fully saturated rings. The highest BCUT2D eigenvalue weighted by Crippen LogP contribution is 2.22. The van der Waals surface area contributed by atoms with Gasteiger partial charge in [-0.2, -0.15) is 0 Å². The van der Waals surface area contributed by atoms with Crippen LogP contribution >= 0.6 is 15.9 Å². The van der Waals surface area contributed by atoms with E-state index in [0.29, 0.717) is 4.47 Å². The Labute approximate surface area is 90.2 Å². The summed E-state index contributed by atoms with van der Waals surface area (Å²) in [4.78, 5) is 11.1. The van der Waals surface area contributed by atoms with Crippen molar-refractivity contribution in [3.8, 4) is 0 Å². The smallest absolute Gasteiger partial charge is 0.340 e. The van der Waals surface area contributed by atoms with E-state index >= 15 is 0 Å². The zero-order valence-electron chi connectivity index (χ0n) is 7.93. The summed E-state index contributed by atoms with van der Waals surface area (Å²) in [5, 5.41) is 0. The zero-order chi connectivity index (χ0) is 10.7. The first-order chi connectivity index (χ1) is 6.60. The van der Waals surface area contributed by atoms with Crippen LogP contribution in [0.4, 0.5) is 4.39 Å². The van der Waals surface area contributed by atoms with E-state index in [-0.39, 0.29) is 5.56 Å². The highest BCUT2D eigenvalue weighted by atomic mass is 79.9. The van der Waals surface area contributed by atoms with E-state index in [1.54, 1.807) is 0 Å². The maximum Gasteiger partial charge on any atom is 0.340 e. The summed E-state index contributed by atoms with van der Waals surface area (Å²) < 4.78 is 18.4. The Bertz CT molecular complexity index is 363. The standard InChI is InChI=1S/C10H10BrFO2/c1-3-6-4-7(10(13)14-2)9(12)5-8(6)11/h4-5H,3H2,1-2H3. The molecule has 0 aliphatic rings. The summed E-state index contributed by atoms with van der Waals surface area (Å²) in [5.41, 5.74) is 0.861. The quantitative estimate of drug-likeness (QED) is 0.765. The Morgan fingerprint density at radius 2 is 2.21 bits per heavy atom. The molecule has 0 spiro atoms. The number of hydrogen-bond acceptors (Lipinski definition) is 2. The van der Waals surface area contributed by atoms with Crippen LogP contribution < -0.4 is 0 Å². The van der Waals surface area contributed by atoms with Gasteiger partial charge in [0.15, 0.2) is 0 Å². The first kappa shape index (κ1) is 11.2. The van der Waals surface area contributed by atoms with Gasteiger partial charge in [0, 0.05) is 4.47 Å². The van der Waals surface area contributed by atoms with Crippen LogP contribution in [0.2, 0.25) is 0 Å². The van der Waals surface area contributed by atoms with Crippen molar-refractivity contribution in [3.63, 3.8) is 0 Å². The summed E-state index contributed by atoms with van der Waals surface area (Å²) in [6.07, 6.45) is 0.727. The summed E-state index contributed by atoms with van der Waals surface area (Å²) in [6.45, 7) is 1.93. The van der Waals surface area contributed by atoms with Crippen LogP contribution in [0, 0.1) is 5.82 Å². The van der Waals surface area contributed by atoms with E-state index in [2.05, 4.69) is 20.7 Å². The normalized spacial score (nSPS) is 10.0. The second-order valence-corrected chi connectivity index (χ2v) is 3.62. The van der Waals surface area contributed by atoms with Crippen molar-refractivity contribution in [2.45, 2.75) is 13.3 Å². The molecule has 0 aromatic heterocycles. The summed E-state index contributed by atoms with van der Waals surface area (Å²) in [5.74, 6) is -1.22. The summed E-state index contributed by atoms with van der Waals surface area (Å²) in [7, 11) is 1.23. The molecule has 0 bridgehead atoms. The fraction of sp³-hybridized carbons (Fsp3) is 0.300. The highest BCUT2D eigenvalue weighted by molar-refractivity contribution is 9.10. The molecule has 1 rings (SSSR count). The minimum absolute atomic E-state index is 0.0208. The van der Waals surface area contributed by atoms with Crippen LogP contribution in [0.15, 0.2) is 16.6 Å². The van der Waals surface area contributed by atoms with Gasteiger partial charge in [-0.1, -0.05) is 22.9 Å². The van der Waals surface area contributed by atoms with Crippen molar-refractivity contribution in [3.05, 3.63) is 33.5 Å². The highest BCUT2D eigenvalue weighted by Gasteiger charge is 2.14. The van der Waals surface area contributed by atoms with Crippen LogP contribution in [0.1, 0.15) is 22.8 Å². The third-order valence-electron chi connectivity index (χ3n) is 1.92. The molecule has 0 unspecified atom stereocenters. The molecule has 76 valence electrons. The van der Waals surface area contributed by atoms with Crippen LogP contribution in [0.3, 0.4) is 0 Å². The molecule has 1 aromatic carbocycles. The molecule has 0 radical (unpaired) electrons. The average molecular weight is 261 g/mol. The second kappa shape index (κ2) is 4.55. The van der Waals surface area contributed by atoms with Gasteiger partial charge in [0.1, 0.15) is 5.82 Å². The van der Waals surface area contributed by atoms with Crippen molar-refractivity contribution in [2.24, 2.45) is 0 Å². The molecule has 0 heterocycles. The number of ether oxygens (including phenoxy) is 1. The van der Waals surface area contributed by atoms with Gasteiger partial charge in [-0.05, 0) is 24.1 Å². The number of carbonyl (C=O) groups excluding carboxylic acids is 1. The van der Waals surface area contributed by atoms with Crippen molar-refractivity contribution in [2.75, 3.05) is 7.11 Å². The van der Waals surface area contributed by atoms with Crippen LogP contribution in [0.5, 0.6) is 0 Å². The monoisotopic (exact) mass is 260 g/mol. The van der Waals surface area contributed by atoms with E-state index in [4.69, 9.17) is 0 Å². The number of aryl methyl sites for hydroxylation is 1. The van der Waals surface area contributed by atoms with E-state index in [1.165, 1.54) is 19.2 Å². The zero-order valence-corrected chi connectivity index (χ0v) is 9.52. The molecule has 0 saturated carbocycles. The third kappa shape index (κ3) is 2.12. The number of carbonyl (C=O) groups is 1. The van der Waals surface area contributed by atoms with E-state index < -0.39 is 11.8 Å². The van der Waals surface area contributed by atoms with Gasteiger partial charge in [-0.15, -0.1) is 0 Å². The fourth-order valence-corrected chi connectivity index (χ4v) is 1.73. The van der Waals surface area contributed by atoms with Crippen LogP contribution in [-0.2, 0) is 11.2 Å². The largest absolute Gasteiger partial charge is 0.465 e. The molecule has 0 amide bonds. The van der Waals surface area contributed by atoms with Crippen molar-refractivity contribution in [1.82, 2.24) is 0 Å². The number of rotatable bonds is 2. The van der Waals surface area contributed by atoms with Gasteiger partial charge in [-0.3, -0.25) is 0 Å². The average Bonchev–Trinajstić information content (AvgIpc) is 2.17. The SMILES string of the molecule is CCc1cc(C(=O)OC)c(F)cc1Br. The first-order valence-electron chi connectivity index (χ1n) is 4.16. The Balaban J connectivity index is 3.24. The predicted molar refractivity (Wildman–Crippen MR) is 54.8 cm³/mol. The summed E-state index contributed by atoms with van der Waals surface area (Å²) >= 11 is 3.22. The van der Waals surface area contributed by atoms with Gasteiger partial charge in [0.2, 0.25) is 0 Å². The minimum Gasteiger partial charge on any atom is -0.465 e. The molecular weight excluding hydrogens is 251 g/mol. The van der Waals surface area contributed by atoms with Crippen LogP contribution in [0.25, 0.3) is 0 Å². The van der Waals surface area contributed by atoms with E-state index in [9.17, 15) is 9.18 Å². The molecule has 0 aliphatic carbocycles. The maximum absolute atomic E-state index is 13.3. The molecule has 0 N–H and O–H groups in total. The van der Waals surface area contributed by atoms with Gasteiger partial charge in [0.25, 0.3) is 0 Å². The third-order valence-corrected chi connectivity index (χ3v) is 2.66. The molecule has 14 heavy (non-hydrogen) atoms. The lowest BCUT2D eigenvalue weighted by molar-refractivity contribution is 0.0595. The minimum atomic E-state index is -0.648. The Morgan fingerprint density at radius 1 is 1.57 bits per heavy atom. The first-order valence-corrected chi connectivity index (χ1v) is 4.95. The van der Waals surface area contributed by atoms with Crippen molar-refractivity contribution < 1.29 is 13.9 Å². The van der Waals surface area contributed by atoms with Gasteiger partial charge in [-0.25, -0.2) is 9.18 Å². The number of benzene rings is 1. The topological polar surface area (TPSA) is 26.3 Å². The number of hydrogen-bond donors (Lipinski definition) is 0. The molecule has 1 aromatic rings. The number of esters is 1. The Hall–Kier alpha value is -0.900.